The van der Waals surface area contributed by atoms with Crippen molar-refractivity contribution in [2.24, 2.45) is 17.8 Å². The highest BCUT2D eigenvalue weighted by Gasteiger charge is 2.15. The first kappa shape index (κ1) is 17.0. The van der Waals surface area contributed by atoms with Crippen LogP contribution in [0.4, 0.5) is 0 Å². The maximum absolute atomic E-state index is 3.71. The molecule has 1 aliphatic rings. The van der Waals surface area contributed by atoms with Crippen molar-refractivity contribution in [2.75, 3.05) is 19.6 Å². The van der Waals surface area contributed by atoms with Gasteiger partial charge in [0.15, 0.2) is 0 Å². The van der Waals surface area contributed by atoms with Gasteiger partial charge in [-0.05, 0) is 56.5 Å². The molecule has 0 bridgehead atoms. The van der Waals surface area contributed by atoms with Crippen LogP contribution in [0.15, 0.2) is 0 Å². The molecule has 19 heavy (non-hydrogen) atoms. The molecule has 1 atom stereocenters. The molecule has 2 N–H and O–H groups in total. The van der Waals surface area contributed by atoms with Gasteiger partial charge in [0.25, 0.3) is 0 Å². The molecule has 0 saturated carbocycles. The normalized spacial score (nSPS) is 20.1. The van der Waals surface area contributed by atoms with Gasteiger partial charge >= 0.3 is 0 Å². The Morgan fingerprint density at radius 3 is 2.11 bits per heavy atom. The fourth-order valence-corrected chi connectivity index (χ4v) is 2.88. The summed E-state index contributed by atoms with van der Waals surface area (Å²) in [5.74, 6) is 2.57. The number of hydrogen-bond donors (Lipinski definition) is 2. The van der Waals surface area contributed by atoms with Crippen LogP contribution in [-0.4, -0.2) is 25.7 Å². The summed E-state index contributed by atoms with van der Waals surface area (Å²) < 4.78 is 0. The van der Waals surface area contributed by atoms with Crippen molar-refractivity contribution in [1.82, 2.24) is 10.6 Å². The number of nitrogens with one attached hydrogen (secondary N) is 2. The third-order valence-corrected chi connectivity index (χ3v) is 4.29. The third kappa shape index (κ3) is 8.65. The quantitative estimate of drug-likeness (QED) is 0.629. The first-order chi connectivity index (χ1) is 9.08. The lowest BCUT2D eigenvalue weighted by Crippen LogP contribution is -2.36. The summed E-state index contributed by atoms with van der Waals surface area (Å²) in [7, 11) is 0. The molecule has 1 saturated heterocycles. The molecule has 114 valence electrons. The van der Waals surface area contributed by atoms with Crippen LogP contribution in [0.5, 0.6) is 0 Å². The fraction of sp³-hybridized carbons (Fsp3) is 1.00. The molecule has 0 amide bonds. The minimum absolute atomic E-state index is 0.732. The first-order valence-electron chi connectivity index (χ1n) is 8.52. The van der Waals surface area contributed by atoms with Crippen molar-refractivity contribution in [3.63, 3.8) is 0 Å². The molecule has 0 aromatic rings. The average molecular weight is 268 g/mol. The topological polar surface area (TPSA) is 24.1 Å². The van der Waals surface area contributed by atoms with Gasteiger partial charge in [0.05, 0.1) is 0 Å². The Hall–Kier alpha value is -0.0800. The maximum Gasteiger partial charge on any atom is 0.0192 e. The van der Waals surface area contributed by atoms with E-state index in [-0.39, 0.29) is 0 Å². The van der Waals surface area contributed by atoms with E-state index in [4.69, 9.17) is 0 Å². The van der Waals surface area contributed by atoms with E-state index in [1.54, 1.807) is 0 Å². The van der Waals surface area contributed by atoms with Crippen LogP contribution in [-0.2, 0) is 0 Å². The summed E-state index contributed by atoms with van der Waals surface area (Å²) >= 11 is 0. The van der Waals surface area contributed by atoms with Gasteiger partial charge in [0.2, 0.25) is 0 Å². The van der Waals surface area contributed by atoms with E-state index in [0.717, 1.165) is 23.8 Å². The van der Waals surface area contributed by atoms with Crippen molar-refractivity contribution in [1.29, 1.82) is 0 Å². The molecule has 0 aliphatic carbocycles. The van der Waals surface area contributed by atoms with E-state index in [1.807, 2.05) is 0 Å². The molecule has 0 aromatic carbocycles. The fourth-order valence-electron chi connectivity index (χ4n) is 2.88. The second-order valence-electron chi connectivity index (χ2n) is 7.26. The summed E-state index contributed by atoms with van der Waals surface area (Å²) in [5.41, 5.74) is 0. The van der Waals surface area contributed by atoms with E-state index in [1.165, 1.54) is 58.2 Å². The van der Waals surface area contributed by atoms with Crippen LogP contribution >= 0.6 is 0 Å². The monoisotopic (exact) mass is 268 g/mol. The molecular formula is C17H36N2. The molecule has 1 rings (SSSR count). The van der Waals surface area contributed by atoms with Crippen LogP contribution in [0.2, 0.25) is 0 Å². The first-order valence-corrected chi connectivity index (χ1v) is 8.52. The highest BCUT2D eigenvalue weighted by molar-refractivity contribution is 4.77. The van der Waals surface area contributed by atoms with Crippen molar-refractivity contribution >= 4 is 0 Å². The summed E-state index contributed by atoms with van der Waals surface area (Å²) in [5, 5.41) is 7.28. The Kier molecular flexibility index (Phi) is 8.72. The van der Waals surface area contributed by atoms with Gasteiger partial charge < -0.3 is 10.6 Å². The summed E-state index contributed by atoms with van der Waals surface area (Å²) in [4.78, 5) is 0. The van der Waals surface area contributed by atoms with Crippen LogP contribution < -0.4 is 10.6 Å². The molecule has 0 unspecified atom stereocenters. The molecule has 0 aromatic heterocycles. The van der Waals surface area contributed by atoms with Crippen LogP contribution in [0.1, 0.15) is 66.2 Å². The van der Waals surface area contributed by atoms with E-state index >= 15 is 0 Å². The zero-order valence-corrected chi connectivity index (χ0v) is 13.7. The van der Waals surface area contributed by atoms with E-state index in [9.17, 15) is 0 Å². The van der Waals surface area contributed by atoms with Crippen LogP contribution in [0, 0.1) is 17.8 Å². The van der Waals surface area contributed by atoms with Crippen LogP contribution in [0.25, 0.3) is 0 Å². The lowest BCUT2D eigenvalue weighted by atomic mass is 9.91. The minimum Gasteiger partial charge on any atom is -0.315 e. The predicted molar refractivity (Wildman–Crippen MR) is 85.5 cm³/mol. The second kappa shape index (κ2) is 9.77. The van der Waals surface area contributed by atoms with Gasteiger partial charge in [-0.1, -0.05) is 40.5 Å². The lowest BCUT2D eigenvalue weighted by molar-refractivity contribution is 0.348. The highest BCUT2D eigenvalue weighted by atomic mass is 15.0. The summed E-state index contributed by atoms with van der Waals surface area (Å²) in [6.45, 7) is 13.0. The number of rotatable bonds is 10. The Morgan fingerprint density at radius 1 is 1.00 bits per heavy atom. The van der Waals surface area contributed by atoms with Gasteiger partial charge in [-0.15, -0.1) is 0 Å². The largest absolute Gasteiger partial charge is 0.315 e. The van der Waals surface area contributed by atoms with Crippen molar-refractivity contribution < 1.29 is 0 Å². The van der Waals surface area contributed by atoms with Crippen molar-refractivity contribution in [3.05, 3.63) is 0 Å². The third-order valence-electron chi connectivity index (χ3n) is 4.29. The molecule has 2 nitrogen and oxygen atoms in total. The zero-order valence-electron chi connectivity index (χ0n) is 13.7. The standard InChI is InChI=1S/C17H36N2/c1-14(2)7-9-16(10-8-15(3)4)12-18-13-17-6-5-11-19-17/h14-19H,5-13H2,1-4H3/t17-/m0/s1. The van der Waals surface area contributed by atoms with Gasteiger partial charge in [0, 0.05) is 12.6 Å². The summed E-state index contributed by atoms with van der Waals surface area (Å²) in [6, 6.07) is 0.732. The van der Waals surface area contributed by atoms with Gasteiger partial charge in [-0.25, -0.2) is 0 Å². The van der Waals surface area contributed by atoms with Crippen LogP contribution in [0.3, 0.4) is 0 Å². The van der Waals surface area contributed by atoms with Gasteiger partial charge in [-0.3, -0.25) is 0 Å². The molecular weight excluding hydrogens is 232 g/mol. The Balaban J connectivity index is 2.17. The molecule has 2 heteroatoms. The lowest BCUT2D eigenvalue weighted by Gasteiger charge is -2.21. The molecule has 0 radical (unpaired) electrons. The summed E-state index contributed by atoms with van der Waals surface area (Å²) in [6.07, 6.45) is 8.27. The molecule has 1 heterocycles. The smallest absolute Gasteiger partial charge is 0.0192 e. The Morgan fingerprint density at radius 2 is 1.63 bits per heavy atom. The SMILES string of the molecule is CC(C)CCC(CCC(C)C)CNC[C@@H]1CCCN1. The zero-order chi connectivity index (χ0) is 14.1. The highest BCUT2D eigenvalue weighted by Crippen LogP contribution is 2.19. The Labute approximate surface area is 121 Å². The van der Waals surface area contributed by atoms with E-state index < -0.39 is 0 Å². The molecule has 1 fully saturated rings. The maximum atomic E-state index is 3.71. The predicted octanol–water partition coefficient (Wildman–Crippen LogP) is 3.82. The van der Waals surface area contributed by atoms with E-state index in [2.05, 4.69) is 38.3 Å². The Bertz CT molecular complexity index is 195. The average Bonchev–Trinajstić information content (AvgIpc) is 2.84. The molecule has 0 spiro atoms. The second-order valence-corrected chi connectivity index (χ2v) is 7.26. The van der Waals surface area contributed by atoms with E-state index in [0.29, 0.717) is 0 Å². The number of hydrogen-bond acceptors (Lipinski definition) is 2. The van der Waals surface area contributed by atoms with Crippen molar-refractivity contribution in [2.45, 2.75) is 72.3 Å². The molecule has 1 aliphatic heterocycles. The van der Waals surface area contributed by atoms with Crippen molar-refractivity contribution in [3.8, 4) is 0 Å². The van der Waals surface area contributed by atoms with Gasteiger partial charge in [0.1, 0.15) is 0 Å². The minimum atomic E-state index is 0.732. The van der Waals surface area contributed by atoms with Gasteiger partial charge in [-0.2, -0.15) is 0 Å².